The largest absolute Gasteiger partial charge is 0.393 e. The summed E-state index contributed by atoms with van der Waals surface area (Å²) in [5, 5.41) is 10.4. The maximum Gasteiger partial charge on any atom is 0.297 e. The SMILES string of the molecule is CCCCCCCCCCCCCC(O)CCc1cc(C)ccc1S(=O)(=O)OCCCC. The van der Waals surface area contributed by atoms with Gasteiger partial charge in [-0.2, -0.15) is 8.42 Å². The van der Waals surface area contributed by atoms with Crippen molar-refractivity contribution < 1.29 is 17.7 Å². The van der Waals surface area contributed by atoms with Gasteiger partial charge >= 0.3 is 0 Å². The lowest BCUT2D eigenvalue weighted by atomic mass is 10.0. The van der Waals surface area contributed by atoms with Crippen LogP contribution in [0.2, 0.25) is 0 Å². The summed E-state index contributed by atoms with van der Waals surface area (Å²) in [7, 11) is -3.75. The molecule has 0 fully saturated rings. The van der Waals surface area contributed by atoms with Gasteiger partial charge in [0, 0.05) is 0 Å². The van der Waals surface area contributed by atoms with Crippen LogP contribution < -0.4 is 0 Å². The Kier molecular flexibility index (Phi) is 16.0. The topological polar surface area (TPSA) is 63.6 Å². The van der Waals surface area contributed by atoms with Crippen molar-refractivity contribution in [2.75, 3.05) is 6.61 Å². The Morgan fingerprint density at radius 2 is 1.38 bits per heavy atom. The van der Waals surface area contributed by atoms with Gasteiger partial charge in [-0.1, -0.05) is 109 Å². The maximum atomic E-state index is 12.6. The van der Waals surface area contributed by atoms with E-state index < -0.39 is 10.1 Å². The summed E-state index contributed by atoms with van der Waals surface area (Å²) in [5.74, 6) is 0. The predicted octanol–water partition coefficient (Wildman–Crippen LogP) is 7.50. The first-order valence-electron chi connectivity index (χ1n) is 13.1. The molecule has 0 aliphatic heterocycles. The maximum absolute atomic E-state index is 12.6. The molecule has 0 radical (unpaired) electrons. The van der Waals surface area contributed by atoms with Gasteiger partial charge in [-0.25, -0.2) is 0 Å². The lowest BCUT2D eigenvalue weighted by Gasteiger charge is -2.14. The molecule has 0 aliphatic rings. The van der Waals surface area contributed by atoms with Crippen molar-refractivity contribution in [3.8, 4) is 0 Å². The molecule has 1 N–H and O–H groups in total. The zero-order chi connectivity index (χ0) is 23.7. The van der Waals surface area contributed by atoms with Crippen LogP contribution in [0.15, 0.2) is 23.1 Å². The van der Waals surface area contributed by atoms with E-state index in [1.54, 1.807) is 12.1 Å². The second kappa shape index (κ2) is 17.6. The molecule has 1 rings (SSSR count). The quantitative estimate of drug-likeness (QED) is 0.159. The number of rotatable bonds is 20. The van der Waals surface area contributed by atoms with Gasteiger partial charge in [-0.3, -0.25) is 4.18 Å². The number of benzene rings is 1. The third kappa shape index (κ3) is 13.0. The van der Waals surface area contributed by atoms with Crippen LogP contribution in [0, 0.1) is 6.92 Å². The Balaban J connectivity index is 2.30. The van der Waals surface area contributed by atoms with E-state index in [0.29, 0.717) is 12.8 Å². The summed E-state index contributed by atoms with van der Waals surface area (Å²) in [6.07, 6.45) is 17.4. The molecule has 5 heteroatoms. The lowest BCUT2D eigenvalue weighted by molar-refractivity contribution is 0.151. The Morgan fingerprint density at radius 3 is 1.97 bits per heavy atom. The Bertz CT molecular complexity index is 700. The average Bonchev–Trinajstić information content (AvgIpc) is 2.76. The number of hydrogen-bond donors (Lipinski definition) is 1. The first-order chi connectivity index (χ1) is 15.4. The zero-order valence-corrected chi connectivity index (χ0v) is 21.7. The molecule has 1 atom stereocenters. The predicted molar refractivity (Wildman–Crippen MR) is 135 cm³/mol. The van der Waals surface area contributed by atoms with E-state index in [4.69, 9.17) is 4.18 Å². The van der Waals surface area contributed by atoms with Gasteiger partial charge in [-0.15, -0.1) is 0 Å². The van der Waals surface area contributed by atoms with E-state index in [-0.39, 0.29) is 17.6 Å². The second-order valence-corrected chi connectivity index (χ2v) is 10.8. The molecule has 0 spiro atoms. The van der Waals surface area contributed by atoms with Crippen LogP contribution in [-0.4, -0.2) is 26.2 Å². The highest BCUT2D eigenvalue weighted by Gasteiger charge is 2.20. The molecule has 0 saturated heterocycles. The number of aliphatic hydroxyl groups excluding tert-OH is 1. The van der Waals surface area contributed by atoms with Crippen molar-refractivity contribution in [1.82, 2.24) is 0 Å². The average molecular weight is 469 g/mol. The number of hydrogen-bond acceptors (Lipinski definition) is 4. The van der Waals surface area contributed by atoms with Gasteiger partial charge in [0.05, 0.1) is 17.6 Å². The number of unbranched alkanes of at least 4 members (excludes halogenated alkanes) is 11. The molecule has 0 aliphatic carbocycles. The second-order valence-electron chi connectivity index (χ2n) is 9.26. The zero-order valence-electron chi connectivity index (χ0n) is 20.9. The van der Waals surface area contributed by atoms with Gasteiger partial charge in [0.25, 0.3) is 10.1 Å². The minimum atomic E-state index is -3.75. The first-order valence-corrected chi connectivity index (χ1v) is 14.5. The minimum absolute atomic E-state index is 0.216. The van der Waals surface area contributed by atoms with Crippen LogP contribution in [-0.2, 0) is 20.7 Å². The lowest BCUT2D eigenvalue weighted by Crippen LogP contribution is -2.13. The molecular formula is C27H48O4S. The smallest absolute Gasteiger partial charge is 0.297 e. The summed E-state index contributed by atoms with van der Waals surface area (Å²) in [6.45, 7) is 6.43. The van der Waals surface area contributed by atoms with Gasteiger partial charge in [0.1, 0.15) is 0 Å². The van der Waals surface area contributed by atoms with Crippen molar-refractivity contribution in [2.24, 2.45) is 0 Å². The van der Waals surface area contributed by atoms with Crippen LogP contribution in [0.25, 0.3) is 0 Å². The summed E-state index contributed by atoms with van der Waals surface area (Å²) >= 11 is 0. The molecule has 1 aromatic carbocycles. The summed E-state index contributed by atoms with van der Waals surface area (Å²) in [4.78, 5) is 0.251. The highest BCUT2D eigenvalue weighted by Crippen LogP contribution is 2.23. The van der Waals surface area contributed by atoms with Crippen molar-refractivity contribution >= 4 is 10.1 Å². The Morgan fingerprint density at radius 1 is 0.812 bits per heavy atom. The highest BCUT2D eigenvalue weighted by atomic mass is 32.2. The fourth-order valence-corrected chi connectivity index (χ4v) is 5.22. The van der Waals surface area contributed by atoms with Gasteiger partial charge in [-0.05, 0) is 44.2 Å². The molecule has 186 valence electrons. The third-order valence-electron chi connectivity index (χ3n) is 6.11. The van der Waals surface area contributed by atoms with Crippen molar-refractivity contribution in [2.45, 2.75) is 135 Å². The van der Waals surface area contributed by atoms with Crippen molar-refractivity contribution in [3.63, 3.8) is 0 Å². The van der Waals surface area contributed by atoms with E-state index in [9.17, 15) is 13.5 Å². The van der Waals surface area contributed by atoms with Gasteiger partial charge in [0.2, 0.25) is 0 Å². The molecule has 4 nitrogen and oxygen atoms in total. The van der Waals surface area contributed by atoms with Gasteiger partial charge in [0.15, 0.2) is 0 Å². The monoisotopic (exact) mass is 468 g/mol. The fourth-order valence-electron chi connectivity index (χ4n) is 4.03. The van der Waals surface area contributed by atoms with E-state index in [1.807, 2.05) is 19.9 Å². The molecule has 1 unspecified atom stereocenters. The molecule has 0 heterocycles. The molecule has 0 amide bonds. The molecule has 1 aromatic rings. The normalized spacial score (nSPS) is 12.9. The molecular weight excluding hydrogens is 420 g/mol. The molecule has 0 aromatic heterocycles. The fraction of sp³-hybridized carbons (Fsp3) is 0.778. The Hall–Kier alpha value is -0.910. The van der Waals surface area contributed by atoms with Crippen LogP contribution in [0.3, 0.4) is 0 Å². The van der Waals surface area contributed by atoms with Crippen LogP contribution >= 0.6 is 0 Å². The Labute approximate surface area is 198 Å². The van der Waals surface area contributed by atoms with Crippen LogP contribution in [0.5, 0.6) is 0 Å². The molecule has 32 heavy (non-hydrogen) atoms. The number of aryl methyl sites for hydroxylation is 2. The first kappa shape index (κ1) is 29.1. The van der Waals surface area contributed by atoms with E-state index in [0.717, 1.165) is 36.8 Å². The molecule has 0 bridgehead atoms. The highest BCUT2D eigenvalue weighted by molar-refractivity contribution is 7.86. The standard InChI is InChI=1S/C27H48O4S/c1-4-6-8-9-10-11-12-13-14-15-16-17-26(28)20-19-25-23-24(3)18-21-27(25)32(29,30)31-22-7-5-2/h18,21,23,26,28H,4-17,19-20,22H2,1-3H3. The van der Waals surface area contributed by atoms with E-state index in [2.05, 4.69) is 6.92 Å². The van der Waals surface area contributed by atoms with Gasteiger partial charge < -0.3 is 5.11 Å². The third-order valence-corrected chi connectivity index (χ3v) is 7.52. The summed E-state index contributed by atoms with van der Waals surface area (Å²) in [6, 6.07) is 5.36. The van der Waals surface area contributed by atoms with Crippen molar-refractivity contribution in [3.05, 3.63) is 29.3 Å². The molecule has 0 saturated carbocycles. The van der Waals surface area contributed by atoms with Crippen LogP contribution in [0.1, 0.15) is 121 Å². The van der Waals surface area contributed by atoms with Crippen molar-refractivity contribution in [1.29, 1.82) is 0 Å². The van der Waals surface area contributed by atoms with E-state index >= 15 is 0 Å². The number of aliphatic hydroxyl groups is 1. The minimum Gasteiger partial charge on any atom is -0.393 e. The van der Waals surface area contributed by atoms with E-state index in [1.165, 1.54) is 64.2 Å². The summed E-state index contributed by atoms with van der Waals surface area (Å²) in [5.41, 5.74) is 1.77. The van der Waals surface area contributed by atoms with Crippen LogP contribution in [0.4, 0.5) is 0 Å². The summed E-state index contributed by atoms with van der Waals surface area (Å²) < 4.78 is 30.4.